The predicted octanol–water partition coefficient (Wildman–Crippen LogP) is 2.09. The molecule has 1 unspecified atom stereocenters. The molecule has 0 amide bonds. The molecule has 88 valence electrons. The van der Waals surface area contributed by atoms with Gasteiger partial charge in [-0.05, 0) is 6.92 Å². The van der Waals surface area contributed by atoms with Gasteiger partial charge in [-0.2, -0.15) is 21.6 Å². The number of rotatable bonds is 3. The first-order valence-corrected chi connectivity index (χ1v) is 4.36. The highest BCUT2D eigenvalue weighted by Gasteiger charge is 2.27. The topological polar surface area (TPSA) is 49.7 Å². The van der Waals surface area contributed by atoms with Crippen molar-refractivity contribution in [2.75, 3.05) is 13.2 Å². The number of alkyl halides is 3. The van der Waals surface area contributed by atoms with Crippen LogP contribution in [0.2, 0.25) is 0 Å². The molecule has 0 aliphatic carbocycles. The predicted molar refractivity (Wildman–Crippen MR) is 39.9 cm³/mol. The summed E-state index contributed by atoms with van der Waals surface area (Å²) in [6.45, 7) is -0.214. The van der Waals surface area contributed by atoms with E-state index < -0.39 is 27.7 Å². The van der Waals surface area contributed by atoms with Gasteiger partial charge in [-0.25, -0.2) is 0 Å². The van der Waals surface area contributed by atoms with Gasteiger partial charge in [-0.15, -0.1) is 0 Å². The molecule has 9 heteroatoms. The zero-order valence-corrected chi connectivity index (χ0v) is 8.03. The van der Waals surface area contributed by atoms with Crippen LogP contribution >= 0.6 is 8.77 Å². The summed E-state index contributed by atoms with van der Waals surface area (Å²) in [5.74, 6) is 0. The Morgan fingerprint density at radius 3 is 1.93 bits per heavy atom. The maximum atomic E-state index is 11.3. The third-order valence-corrected chi connectivity index (χ3v) is 0.625. The minimum absolute atomic E-state index is 0.278. The number of ether oxygens (including phenoxy) is 1. The molecule has 0 aliphatic heterocycles. The Kier molecular flexibility index (Phi) is 9.70. The van der Waals surface area contributed by atoms with E-state index in [4.69, 9.17) is 10.00 Å². The van der Waals surface area contributed by atoms with Gasteiger partial charge in [0.2, 0.25) is 0 Å². The highest BCUT2D eigenvalue weighted by Crippen LogP contribution is 2.31. The van der Waals surface area contributed by atoms with Crippen LogP contribution in [-0.2, 0) is 4.74 Å². The molecule has 0 fully saturated rings. The second-order valence-electron chi connectivity index (χ2n) is 2.19. The van der Waals surface area contributed by atoms with Crippen molar-refractivity contribution in [1.29, 1.82) is 0 Å². The van der Waals surface area contributed by atoms with Crippen molar-refractivity contribution in [3.8, 4) is 0 Å². The minimum atomic E-state index is -4.30. The fraction of sp³-hybridized carbons (Fsp3) is 1.00. The van der Waals surface area contributed by atoms with E-state index in [2.05, 4.69) is 4.74 Å². The summed E-state index contributed by atoms with van der Waals surface area (Å²) in [4.78, 5) is 6.79. The first kappa shape index (κ1) is 16.4. The molecule has 1 atom stereocenters. The average Bonchev–Trinajstić information content (AvgIpc) is 1.80. The molecule has 0 saturated carbocycles. The summed E-state index contributed by atoms with van der Waals surface area (Å²) in [6, 6.07) is 0. The van der Waals surface area contributed by atoms with Crippen LogP contribution in [0, 0.1) is 0 Å². The number of halogens is 5. The molecule has 14 heavy (non-hydrogen) atoms. The van der Waals surface area contributed by atoms with Gasteiger partial charge in [0.05, 0.1) is 12.7 Å². The van der Waals surface area contributed by atoms with E-state index in [9.17, 15) is 21.6 Å². The molecule has 0 aromatic rings. The highest BCUT2D eigenvalue weighted by molar-refractivity contribution is 7.39. The molecule has 3 nitrogen and oxygen atoms in total. The minimum Gasteiger partial charge on any atom is -0.391 e. The molecule has 0 saturated heterocycles. The largest absolute Gasteiger partial charge is 0.412 e. The Morgan fingerprint density at radius 2 is 1.71 bits per heavy atom. The Balaban J connectivity index is 0. The Hall–Kier alpha value is -0.0400. The number of aliphatic hydroxyl groups excluding tert-OH is 1. The molecule has 0 spiro atoms. The summed E-state index contributed by atoms with van der Waals surface area (Å²) >= 11 is 0. The zero-order valence-electron chi connectivity index (χ0n) is 7.13. The SMILES string of the molecule is CC(O)COCC(F)(F)F.OP(F)F. The lowest BCUT2D eigenvalue weighted by molar-refractivity contribution is -0.178. The fourth-order valence-electron chi connectivity index (χ4n) is 0.345. The van der Waals surface area contributed by atoms with E-state index in [-0.39, 0.29) is 6.61 Å². The molecule has 0 rings (SSSR count). The summed E-state index contributed by atoms with van der Waals surface area (Å²) in [7, 11) is -3.62. The Labute approximate surface area is 78.6 Å². The summed E-state index contributed by atoms with van der Waals surface area (Å²) in [5.41, 5.74) is 0. The number of aliphatic hydroxyl groups is 1. The first-order valence-electron chi connectivity index (χ1n) is 3.28. The molecular formula is C5H10F5O3P. The van der Waals surface area contributed by atoms with Crippen molar-refractivity contribution in [3.05, 3.63) is 0 Å². The van der Waals surface area contributed by atoms with Crippen LogP contribution in [0.25, 0.3) is 0 Å². The van der Waals surface area contributed by atoms with E-state index in [1.807, 2.05) is 0 Å². The van der Waals surface area contributed by atoms with Crippen molar-refractivity contribution in [2.24, 2.45) is 0 Å². The van der Waals surface area contributed by atoms with Crippen LogP contribution < -0.4 is 0 Å². The van der Waals surface area contributed by atoms with Crippen molar-refractivity contribution in [1.82, 2.24) is 0 Å². The summed E-state index contributed by atoms with van der Waals surface area (Å²) in [5, 5.41) is 8.46. The molecule has 0 bridgehead atoms. The van der Waals surface area contributed by atoms with Crippen molar-refractivity contribution < 1.29 is 36.3 Å². The van der Waals surface area contributed by atoms with Gasteiger partial charge in [-0.1, -0.05) is 0 Å². The lowest BCUT2D eigenvalue weighted by atomic mass is 10.4. The molecule has 0 aliphatic rings. The van der Waals surface area contributed by atoms with Crippen molar-refractivity contribution in [2.45, 2.75) is 19.2 Å². The fourth-order valence-corrected chi connectivity index (χ4v) is 0.345. The van der Waals surface area contributed by atoms with Crippen LogP contribution in [-0.4, -0.2) is 35.5 Å². The molecule has 0 aromatic carbocycles. The lowest BCUT2D eigenvalue weighted by Crippen LogP contribution is -2.21. The number of hydrogen-bond donors (Lipinski definition) is 2. The van der Waals surface area contributed by atoms with Crippen molar-refractivity contribution >= 4 is 8.77 Å². The summed E-state index contributed by atoms with van der Waals surface area (Å²) in [6.07, 6.45) is -5.14. The van der Waals surface area contributed by atoms with E-state index in [0.29, 0.717) is 0 Å². The molecule has 0 radical (unpaired) electrons. The molecular weight excluding hydrogens is 234 g/mol. The Bertz CT molecular complexity index is 126. The monoisotopic (exact) mass is 244 g/mol. The van der Waals surface area contributed by atoms with Gasteiger partial charge in [0.25, 0.3) is 0 Å². The van der Waals surface area contributed by atoms with Gasteiger partial charge in [0, 0.05) is 0 Å². The van der Waals surface area contributed by atoms with E-state index >= 15 is 0 Å². The summed E-state index contributed by atoms with van der Waals surface area (Å²) < 4.78 is 57.9. The van der Waals surface area contributed by atoms with Crippen LogP contribution in [0.15, 0.2) is 0 Å². The van der Waals surface area contributed by atoms with Crippen LogP contribution in [0.5, 0.6) is 0 Å². The quantitative estimate of drug-likeness (QED) is 0.590. The second-order valence-corrected chi connectivity index (χ2v) is 2.62. The van der Waals surface area contributed by atoms with E-state index in [1.165, 1.54) is 6.92 Å². The highest BCUT2D eigenvalue weighted by atomic mass is 31.2. The zero-order chi connectivity index (χ0) is 11.8. The normalized spacial score (nSPS) is 13.5. The van der Waals surface area contributed by atoms with Gasteiger partial charge in [0.15, 0.2) is 0 Å². The maximum Gasteiger partial charge on any atom is 0.412 e. The van der Waals surface area contributed by atoms with Gasteiger partial charge < -0.3 is 14.7 Å². The Morgan fingerprint density at radius 1 is 1.36 bits per heavy atom. The second kappa shape index (κ2) is 8.28. The van der Waals surface area contributed by atoms with Crippen LogP contribution in [0.3, 0.4) is 0 Å². The molecule has 0 aromatic heterocycles. The number of hydrogen-bond acceptors (Lipinski definition) is 3. The molecule has 0 heterocycles. The van der Waals surface area contributed by atoms with Gasteiger partial charge in [-0.3, -0.25) is 0 Å². The van der Waals surface area contributed by atoms with E-state index in [1.54, 1.807) is 0 Å². The third kappa shape index (κ3) is 29.7. The van der Waals surface area contributed by atoms with Crippen LogP contribution in [0.1, 0.15) is 6.92 Å². The van der Waals surface area contributed by atoms with E-state index in [0.717, 1.165) is 0 Å². The lowest BCUT2D eigenvalue weighted by Gasteiger charge is -2.08. The van der Waals surface area contributed by atoms with Crippen LogP contribution in [0.4, 0.5) is 21.6 Å². The first-order chi connectivity index (χ1) is 6.15. The molecule has 2 N–H and O–H groups in total. The third-order valence-electron chi connectivity index (χ3n) is 0.625. The average molecular weight is 244 g/mol. The van der Waals surface area contributed by atoms with Gasteiger partial charge in [0.1, 0.15) is 6.61 Å². The smallest absolute Gasteiger partial charge is 0.391 e. The maximum absolute atomic E-state index is 11.3. The van der Waals surface area contributed by atoms with Crippen molar-refractivity contribution in [3.63, 3.8) is 0 Å². The standard InChI is InChI=1S/C5H9F3O2.F2HOP/c1-4(9)2-10-3-5(6,7)8;1-4(2)3/h4,9H,2-3H2,1H3;3H. The van der Waals surface area contributed by atoms with Gasteiger partial charge >= 0.3 is 14.9 Å².